The van der Waals surface area contributed by atoms with Crippen molar-refractivity contribution in [3.8, 4) is 40.0 Å². The number of benzene rings is 3. The molecule has 0 fully saturated rings. The maximum Gasteiger partial charge on any atom is 0.179 e. The average molecular weight is 579 g/mol. The minimum absolute atomic E-state index is 0.584. The molecule has 0 unspecified atom stereocenters. The third-order valence-electron chi connectivity index (χ3n) is 8.02. The zero-order valence-corrected chi connectivity index (χ0v) is 23.8. The third kappa shape index (κ3) is 4.11. The number of aromatic nitrogens is 8. The minimum atomic E-state index is 0.584. The first-order valence-electron chi connectivity index (χ1n) is 14.6. The topological polar surface area (TPSA) is 95.2 Å². The maximum absolute atomic E-state index is 5.15. The summed E-state index contributed by atoms with van der Waals surface area (Å²) in [6, 6.07) is 36.3. The Morgan fingerprint density at radius 3 is 2.07 bits per heavy atom. The quantitative estimate of drug-likeness (QED) is 0.210. The van der Waals surface area contributed by atoms with Crippen LogP contribution < -0.4 is 0 Å². The molecule has 6 aromatic heterocycles. The zero-order valence-electron chi connectivity index (χ0n) is 23.8. The first kappa shape index (κ1) is 25.1. The molecule has 0 N–H and O–H groups in total. The molecule has 6 heterocycles. The third-order valence-corrected chi connectivity index (χ3v) is 8.02. The number of para-hydroxylation sites is 2. The fraction of sp³-hybridized carbons (Fsp3) is 0. The van der Waals surface area contributed by atoms with Crippen LogP contribution in [-0.4, -0.2) is 39.5 Å². The largest absolute Gasteiger partial charge is 0.292 e. The number of nitrogens with zero attached hydrogens (tertiary/aromatic N) is 8. The van der Waals surface area contributed by atoms with Crippen molar-refractivity contribution < 1.29 is 0 Å². The van der Waals surface area contributed by atoms with Crippen molar-refractivity contribution in [2.75, 3.05) is 0 Å². The lowest BCUT2D eigenvalue weighted by Crippen LogP contribution is -2.02. The van der Waals surface area contributed by atoms with Gasteiger partial charge in [0, 0.05) is 52.1 Å². The van der Waals surface area contributed by atoms with E-state index in [1.807, 2.05) is 79.0 Å². The summed E-state index contributed by atoms with van der Waals surface area (Å²) < 4.78 is 2.19. The number of fused-ring (bicyclic) bond motifs is 5. The number of hydrogen-bond acceptors (Lipinski definition) is 7. The van der Waals surface area contributed by atoms with Gasteiger partial charge in [-0.2, -0.15) is 0 Å². The Bertz CT molecular complexity index is 2540. The lowest BCUT2D eigenvalue weighted by atomic mass is 10.0. The molecule has 0 atom stereocenters. The van der Waals surface area contributed by atoms with Crippen LogP contribution in [0.2, 0.25) is 0 Å². The summed E-state index contributed by atoms with van der Waals surface area (Å²) in [5, 5.41) is 2.92. The second-order valence-electron chi connectivity index (χ2n) is 10.7. The Balaban J connectivity index is 1.32. The predicted octanol–water partition coefficient (Wildman–Crippen LogP) is 7.86. The highest BCUT2D eigenvalue weighted by atomic mass is 15.1. The van der Waals surface area contributed by atoms with Gasteiger partial charge in [-0.1, -0.05) is 42.5 Å². The lowest BCUT2D eigenvalue weighted by molar-refractivity contribution is 1.07. The van der Waals surface area contributed by atoms with Gasteiger partial charge in [0.2, 0.25) is 0 Å². The van der Waals surface area contributed by atoms with Gasteiger partial charge in [-0.15, -0.1) is 0 Å². The Hall–Kier alpha value is -6.41. The molecule has 0 amide bonds. The van der Waals surface area contributed by atoms with Crippen LogP contribution in [0.15, 0.2) is 134 Å². The Morgan fingerprint density at radius 2 is 1.22 bits per heavy atom. The molecular formula is C37H22N8. The van der Waals surface area contributed by atoms with Crippen molar-refractivity contribution in [2.45, 2.75) is 0 Å². The highest BCUT2D eigenvalue weighted by molar-refractivity contribution is 6.10. The highest BCUT2D eigenvalue weighted by Gasteiger charge is 2.20. The molecule has 0 spiro atoms. The Labute approximate surface area is 256 Å². The molecule has 0 saturated carbocycles. The van der Waals surface area contributed by atoms with Crippen molar-refractivity contribution in [3.63, 3.8) is 0 Å². The van der Waals surface area contributed by atoms with Gasteiger partial charge in [0.1, 0.15) is 11.5 Å². The molecule has 45 heavy (non-hydrogen) atoms. The van der Waals surface area contributed by atoms with Gasteiger partial charge in [-0.25, -0.2) is 19.9 Å². The van der Waals surface area contributed by atoms with Crippen molar-refractivity contribution in [1.29, 1.82) is 0 Å². The molecule has 0 bridgehead atoms. The Morgan fingerprint density at radius 1 is 0.467 bits per heavy atom. The van der Waals surface area contributed by atoms with Crippen molar-refractivity contribution in [3.05, 3.63) is 134 Å². The van der Waals surface area contributed by atoms with Gasteiger partial charge in [0.25, 0.3) is 0 Å². The minimum Gasteiger partial charge on any atom is -0.292 e. The molecule has 210 valence electrons. The van der Waals surface area contributed by atoms with Crippen LogP contribution in [0.4, 0.5) is 0 Å². The van der Waals surface area contributed by atoms with E-state index in [0.29, 0.717) is 11.6 Å². The molecular weight excluding hydrogens is 556 g/mol. The van der Waals surface area contributed by atoms with Crippen LogP contribution in [0.3, 0.4) is 0 Å². The van der Waals surface area contributed by atoms with Gasteiger partial charge >= 0.3 is 0 Å². The smallest absolute Gasteiger partial charge is 0.179 e. The number of pyridine rings is 3. The highest BCUT2D eigenvalue weighted by Crippen LogP contribution is 2.37. The van der Waals surface area contributed by atoms with E-state index in [0.717, 1.165) is 72.1 Å². The first-order chi connectivity index (χ1) is 22.3. The van der Waals surface area contributed by atoms with E-state index in [1.54, 1.807) is 18.6 Å². The first-order valence-corrected chi connectivity index (χ1v) is 14.6. The van der Waals surface area contributed by atoms with Gasteiger partial charge in [0.15, 0.2) is 11.6 Å². The lowest BCUT2D eigenvalue weighted by Gasteiger charge is -2.13. The molecule has 8 heteroatoms. The van der Waals surface area contributed by atoms with E-state index in [1.165, 1.54) is 0 Å². The fourth-order valence-corrected chi connectivity index (χ4v) is 5.98. The summed E-state index contributed by atoms with van der Waals surface area (Å²) in [6.07, 6.45) is 7.11. The van der Waals surface area contributed by atoms with Crippen LogP contribution in [0.5, 0.6) is 0 Å². The average Bonchev–Trinajstić information content (AvgIpc) is 3.45. The summed E-state index contributed by atoms with van der Waals surface area (Å²) in [4.78, 5) is 33.5. The normalized spacial score (nSPS) is 11.6. The van der Waals surface area contributed by atoms with Crippen LogP contribution in [0.1, 0.15) is 0 Å². The second-order valence-corrected chi connectivity index (χ2v) is 10.7. The molecule has 0 aliphatic rings. The van der Waals surface area contributed by atoms with Crippen LogP contribution in [0.25, 0.3) is 83.7 Å². The second kappa shape index (κ2) is 10.1. The van der Waals surface area contributed by atoms with Crippen LogP contribution >= 0.6 is 0 Å². The van der Waals surface area contributed by atoms with Crippen molar-refractivity contribution in [1.82, 2.24) is 39.5 Å². The zero-order chi connectivity index (χ0) is 29.7. The molecule has 0 saturated heterocycles. The maximum atomic E-state index is 5.15. The fourth-order valence-electron chi connectivity index (χ4n) is 5.98. The number of rotatable bonds is 4. The van der Waals surface area contributed by atoms with E-state index < -0.39 is 0 Å². The molecule has 3 aromatic carbocycles. The van der Waals surface area contributed by atoms with Gasteiger partial charge in [0.05, 0.1) is 33.3 Å². The molecule has 0 radical (unpaired) electrons. The molecule has 0 aliphatic carbocycles. The van der Waals surface area contributed by atoms with E-state index >= 15 is 0 Å². The van der Waals surface area contributed by atoms with E-state index in [-0.39, 0.29) is 0 Å². The summed E-state index contributed by atoms with van der Waals surface area (Å²) in [7, 11) is 0. The van der Waals surface area contributed by atoms with Crippen LogP contribution in [0, 0.1) is 0 Å². The van der Waals surface area contributed by atoms with E-state index in [4.69, 9.17) is 24.9 Å². The molecule has 9 aromatic rings. The summed E-state index contributed by atoms with van der Waals surface area (Å²) in [6.45, 7) is 0. The van der Waals surface area contributed by atoms with Crippen molar-refractivity contribution >= 4 is 43.7 Å². The number of hydrogen-bond donors (Lipinski definition) is 0. The van der Waals surface area contributed by atoms with E-state index in [9.17, 15) is 0 Å². The molecule has 8 nitrogen and oxygen atoms in total. The van der Waals surface area contributed by atoms with Gasteiger partial charge < -0.3 is 0 Å². The van der Waals surface area contributed by atoms with Gasteiger partial charge in [-0.3, -0.25) is 19.5 Å². The molecule has 0 aliphatic heterocycles. The summed E-state index contributed by atoms with van der Waals surface area (Å²) in [5.74, 6) is 2.01. The van der Waals surface area contributed by atoms with E-state index in [2.05, 4.69) is 50.9 Å². The van der Waals surface area contributed by atoms with Crippen molar-refractivity contribution in [2.24, 2.45) is 0 Å². The summed E-state index contributed by atoms with van der Waals surface area (Å²) in [5.41, 5.74) is 7.98. The Kier molecular flexibility index (Phi) is 5.64. The predicted molar refractivity (Wildman–Crippen MR) is 177 cm³/mol. The monoisotopic (exact) mass is 578 g/mol. The van der Waals surface area contributed by atoms with Gasteiger partial charge in [-0.05, 0) is 66.7 Å². The SMILES string of the molecule is c1ccc(-c2nc(-c3ccc4c(c3)c3ncccc3n4-c3nc(-c4ccncc4)nc4ccccc34)c3ccccc3n2)nc1. The molecule has 9 rings (SSSR count). The summed E-state index contributed by atoms with van der Waals surface area (Å²) >= 11 is 0. The standard InChI is InChI=1S/C37H22N8/c1-3-10-28-25(8-1)33(43-36(42-28)30-12-5-6-18-39-30)24-14-15-31-27(22-24)34-32(13-7-19-40-34)45(31)37-26-9-2-4-11-29(26)41-35(44-37)23-16-20-38-21-17-23/h1-22H. The van der Waals surface area contributed by atoms with Crippen LogP contribution in [-0.2, 0) is 0 Å².